The second kappa shape index (κ2) is 6.60. The standard InChI is InChI=1S/C13H17F3N2O2/c1-9-3-4-10(7-11(9)20-2)12(19)18(6-5-17)8-13(14,15)16/h3-4,7H,5-6,8,17H2,1-2H3. The maximum atomic E-state index is 12.5. The molecule has 4 nitrogen and oxygen atoms in total. The van der Waals surface area contributed by atoms with Gasteiger partial charge in [-0.25, -0.2) is 0 Å². The molecule has 0 heterocycles. The van der Waals surface area contributed by atoms with Gasteiger partial charge in [-0.05, 0) is 24.6 Å². The average Bonchev–Trinajstić information content (AvgIpc) is 2.36. The van der Waals surface area contributed by atoms with E-state index in [1.807, 2.05) is 0 Å². The highest BCUT2D eigenvalue weighted by Gasteiger charge is 2.33. The van der Waals surface area contributed by atoms with Crippen molar-refractivity contribution in [2.75, 3.05) is 26.7 Å². The molecule has 0 saturated heterocycles. The van der Waals surface area contributed by atoms with Crippen LogP contribution in [0.15, 0.2) is 18.2 Å². The van der Waals surface area contributed by atoms with Crippen LogP contribution < -0.4 is 10.5 Å². The number of hydrogen-bond acceptors (Lipinski definition) is 3. The first-order valence-electron chi connectivity index (χ1n) is 5.99. The summed E-state index contributed by atoms with van der Waals surface area (Å²) in [5.74, 6) is -0.262. The number of ether oxygens (including phenoxy) is 1. The molecule has 0 spiro atoms. The van der Waals surface area contributed by atoms with Gasteiger partial charge in [0.05, 0.1) is 7.11 Å². The lowest BCUT2D eigenvalue weighted by molar-refractivity contribution is -0.140. The minimum atomic E-state index is -4.46. The number of benzene rings is 1. The molecule has 0 bridgehead atoms. The summed E-state index contributed by atoms with van der Waals surface area (Å²) < 4.78 is 42.4. The molecule has 112 valence electrons. The van der Waals surface area contributed by atoms with Crippen molar-refractivity contribution in [2.24, 2.45) is 5.73 Å². The van der Waals surface area contributed by atoms with Crippen LogP contribution in [-0.2, 0) is 0 Å². The summed E-state index contributed by atoms with van der Waals surface area (Å²) in [7, 11) is 1.43. The van der Waals surface area contributed by atoms with Crippen LogP contribution >= 0.6 is 0 Å². The van der Waals surface area contributed by atoms with Crippen LogP contribution in [0.25, 0.3) is 0 Å². The Balaban J connectivity index is 3.00. The molecule has 20 heavy (non-hydrogen) atoms. The van der Waals surface area contributed by atoms with Crippen molar-refractivity contribution >= 4 is 5.91 Å². The maximum absolute atomic E-state index is 12.5. The van der Waals surface area contributed by atoms with Crippen LogP contribution in [0.5, 0.6) is 5.75 Å². The number of rotatable bonds is 5. The highest BCUT2D eigenvalue weighted by atomic mass is 19.4. The zero-order valence-corrected chi connectivity index (χ0v) is 11.3. The molecule has 0 saturated carbocycles. The van der Waals surface area contributed by atoms with E-state index >= 15 is 0 Å². The van der Waals surface area contributed by atoms with Crippen LogP contribution in [0.4, 0.5) is 13.2 Å². The van der Waals surface area contributed by atoms with Crippen LogP contribution in [0.1, 0.15) is 15.9 Å². The monoisotopic (exact) mass is 290 g/mol. The topological polar surface area (TPSA) is 55.6 Å². The Hall–Kier alpha value is -1.76. The van der Waals surface area contributed by atoms with Crippen LogP contribution in [0, 0.1) is 6.92 Å². The Labute approximate surface area is 115 Å². The van der Waals surface area contributed by atoms with Gasteiger partial charge in [0.15, 0.2) is 0 Å². The summed E-state index contributed by atoms with van der Waals surface area (Å²) in [4.78, 5) is 12.8. The summed E-state index contributed by atoms with van der Waals surface area (Å²) >= 11 is 0. The minimum absolute atomic E-state index is 0.0369. The van der Waals surface area contributed by atoms with Crippen LogP contribution in [-0.4, -0.2) is 43.7 Å². The first kappa shape index (κ1) is 16.3. The number of methoxy groups -OCH3 is 1. The molecule has 1 aromatic carbocycles. The quantitative estimate of drug-likeness (QED) is 0.902. The lowest BCUT2D eigenvalue weighted by Gasteiger charge is -2.23. The molecule has 2 N–H and O–H groups in total. The summed E-state index contributed by atoms with van der Waals surface area (Å²) in [5, 5.41) is 0. The predicted octanol–water partition coefficient (Wildman–Crippen LogP) is 1.97. The Bertz CT molecular complexity index is 475. The second-order valence-corrected chi connectivity index (χ2v) is 4.31. The van der Waals surface area contributed by atoms with Crippen LogP contribution in [0.2, 0.25) is 0 Å². The van der Waals surface area contributed by atoms with Crippen molar-refractivity contribution in [1.29, 1.82) is 0 Å². The van der Waals surface area contributed by atoms with Gasteiger partial charge >= 0.3 is 6.18 Å². The third kappa shape index (κ3) is 4.41. The fourth-order valence-electron chi connectivity index (χ4n) is 1.76. The van der Waals surface area contributed by atoms with Crippen molar-refractivity contribution in [2.45, 2.75) is 13.1 Å². The van der Waals surface area contributed by atoms with Gasteiger partial charge in [0.2, 0.25) is 0 Å². The van der Waals surface area contributed by atoms with Crippen molar-refractivity contribution in [3.63, 3.8) is 0 Å². The highest BCUT2D eigenvalue weighted by molar-refractivity contribution is 5.94. The Morgan fingerprint density at radius 1 is 1.40 bits per heavy atom. The fourth-order valence-corrected chi connectivity index (χ4v) is 1.76. The number of halogens is 3. The number of nitrogens with zero attached hydrogens (tertiary/aromatic N) is 1. The normalized spacial score (nSPS) is 11.3. The van der Waals surface area contributed by atoms with Gasteiger partial charge in [-0.1, -0.05) is 6.07 Å². The first-order chi connectivity index (χ1) is 9.28. The predicted molar refractivity (Wildman–Crippen MR) is 68.7 cm³/mol. The number of carbonyl (C=O) groups excluding carboxylic acids is 1. The molecule has 1 amide bonds. The molecule has 0 unspecified atom stereocenters. The fraction of sp³-hybridized carbons (Fsp3) is 0.462. The van der Waals surface area contributed by atoms with Gasteiger partial charge in [0.25, 0.3) is 5.91 Å². The van der Waals surface area contributed by atoms with Gasteiger partial charge in [-0.15, -0.1) is 0 Å². The van der Waals surface area contributed by atoms with E-state index in [2.05, 4.69) is 0 Å². The third-order valence-electron chi connectivity index (χ3n) is 2.71. The number of alkyl halides is 3. The van der Waals surface area contributed by atoms with E-state index < -0.39 is 18.6 Å². The average molecular weight is 290 g/mol. The zero-order valence-electron chi connectivity index (χ0n) is 11.3. The number of carbonyl (C=O) groups is 1. The van der Waals surface area contributed by atoms with E-state index in [4.69, 9.17) is 10.5 Å². The molecule has 0 aliphatic carbocycles. The van der Waals surface area contributed by atoms with Gasteiger partial charge in [-0.2, -0.15) is 13.2 Å². The van der Waals surface area contributed by atoms with Gasteiger partial charge in [-0.3, -0.25) is 4.79 Å². The van der Waals surface area contributed by atoms with E-state index in [0.717, 1.165) is 5.56 Å². The molecule has 0 aromatic heterocycles. The Morgan fingerprint density at radius 2 is 2.05 bits per heavy atom. The molecular weight excluding hydrogens is 273 g/mol. The molecule has 0 fully saturated rings. The van der Waals surface area contributed by atoms with Gasteiger partial charge < -0.3 is 15.4 Å². The Morgan fingerprint density at radius 3 is 2.55 bits per heavy atom. The molecule has 0 atom stereocenters. The smallest absolute Gasteiger partial charge is 0.406 e. The lowest BCUT2D eigenvalue weighted by Crippen LogP contribution is -2.41. The SMILES string of the molecule is COc1cc(C(=O)N(CCN)CC(F)(F)F)ccc1C. The molecule has 0 radical (unpaired) electrons. The molecule has 0 aliphatic rings. The molecule has 0 aliphatic heterocycles. The zero-order chi connectivity index (χ0) is 15.3. The number of amides is 1. The number of hydrogen-bond donors (Lipinski definition) is 1. The van der Waals surface area contributed by atoms with Crippen LogP contribution in [0.3, 0.4) is 0 Å². The number of aryl methyl sites for hydroxylation is 1. The van der Waals surface area contributed by atoms with Gasteiger partial charge in [0.1, 0.15) is 12.3 Å². The highest BCUT2D eigenvalue weighted by Crippen LogP contribution is 2.22. The van der Waals surface area contributed by atoms with E-state index in [-0.39, 0.29) is 18.7 Å². The summed E-state index contributed by atoms with van der Waals surface area (Å²) in [6.45, 7) is 0.263. The van der Waals surface area contributed by atoms with Crippen molar-refractivity contribution in [3.8, 4) is 5.75 Å². The maximum Gasteiger partial charge on any atom is 0.406 e. The molecule has 1 aromatic rings. The van der Waals surface area contributed by atoms with E-state index in [0.29, 0.717) is 10.6 Å². The van der Waals surface area contributed by atoms with Crippen molar-refractivity contribution < 1.29 is 22.7 Å². The Kier molecular flexibility index (Phi) is 5.38. The summed E-state index contributed by atoms with van der Waals surface area (Å²) in [6.07, 6.45) is -4.46. The first-order valence-corrected chi connectivity index (χ1v) is 5.99. The molecular formula is C13H17F3N2O2. The van der Waals surface area contributed by atoms with Crippen molar-refractivity contribution in [3.05, 3.63) is 29.3 Å². The third-order valence-corrected chi connectivity index (χ3v) is 2.71. The number of nitrogens with two attached hydrogens (primary N) is 1. The van der Waals surface area contributed by atoms with E-state index in [9.17, 15) is 18.0 Å². The lowest BCUT2D eigenvalue weighted by atomic mass is 10.1. The van der Waals surface area contributed by atoms with E-state index in [1.54, 1.807) is 13.0 Å². The summed E-state index contributed by atoms with van der Waals surface area (Å²) in [6, 6.07) is 4.53. The van der Waals surface area contributed by atoms with Crippen molar-refractivity contribution in [1.82, 2.24) is 4.90 Å². The minimum Gasteiger partial charge on any atom is -0.496 e. The molecule has 1 rings (SSSR count). The second-order valence-electron chi connectivity index (χ2n) is 4.31. The van der Waals surface area contributed by atoms with Gasteiger partial charge in [0, 0.05) is 18.7 Å². The largest absolute Gasteiger partial charge is 0.496 e. The summed E-state index contributed by atoms with van der Waals surface area (Å²) in [5.41, 5.74) is 6.20. The van der Waals surface area contributed by atoms with E-state index in [1.165, 1.54) is 19.2 Å². The molecule has 7 heteroatoms.